The summed E-state index contributed by atoms with van der Waals surface area (Å²) < 4.78 is 22.8. The van der Waals surface area contributed by atoms with Crippen LogP contribution in [0.1, 0.15) is 11.1 Å². The molecule has 2 aromatic carbocycles. The monoisotopic (exact) mass is 374 g/mol. The quantitative estimate of drug-likeness (QED) is 0.698. The van der Waals surface area contributed by atoms with Crippen LogP contribution >= 0.6 is 0 Å². The maximum Gasteiger partial charge on any atom is 0.186 e. The molecule has 0 bridgehead atoms. The molecular weight excluding hydrogens is 348 g/mol. The standard InChI is InChI=1S/C21H26O6/c1-24-20-18(23)19(26-13-17-10-6-3-7-11-17)21(14-22,27-20)15-25-12-16-8-4-2-5-9-16/h2-11,18-20,22-23H,12-15H2,1H3. The predicted molar refractivity (Wildman–Crippen MR) is 98.8 cm³/mol. The summed E-state index contributed by atoms with van der Waals surface area (Å²) in [5.74, 6) is 0. The molecule has 6 nitrogen and oxygen atoms in total. The number of aliphatic hydroxyl groups is 2. The zero-order valence-corrected chi connectivity index (χ0v) is 15.4. The first-order chi connectivity index (χ1) is 13.2. The fraction of sp³-hybridized carbons (Fsp3) is 0.429. The van der Waals surface area contributed by atoms with Gasteiger partial charge in [0.2, 0.25) is 0 Å². The minimum atomic E-state index is -1.20. The number of benzene rings is 2. The molecule has 4 atom stereocenters. The number of rotatable bonds is 9. The lowest BCUT2D eigenvalue weighted by Gasteiger charge is -2.32. The topological polar surface area (TPSA) is 77.4 Å². The first kappa shape index (κ1) is 19.9. The number of methoxy groups -OCH3 is 1. The molecule has 1 fully saturated rings. The van der Waals surface area contributed by atoms with E-state index in [1.54, 1.807) is 0 Å². The summed E-state index contributed by atoms with van der Waals surface area (Å²) in [5, 5.41) is 20.6. The van der Waals surface area contributed by atoms with Gasteiger partial charge in [-0.3, -0.25) is 0 Å². The molecule has 0 radical (unpaired) electrons. The van der Waals surface area contributed by atoms with Crippen LogP contribution in [0.2, 0.25) is 0 Å². The number of aliphatic hydroxyl groups excluding tert-OH is 2. The van der Waals surface area contributed by atoms with E-state index in [0.717, 1.165) is 11.1 Å². The number of hydrogen-bond acceptors (Lipinski definition) is 6. The molecule has 3 rings (SSSR count). The van der Waals surface area contributed by atoms with Gasteiger partial charge in [-0.1, -0.05) is 60.7 Å². The van der Waals surface area contributed by atoms with E-state index in [-0.39, 0.29) is 19.8 Å². The van der Waals surface area contributed by atoms with Crippen molar-refractivity contribution in [1.82, 2.24) is 0 Å². The molecule has 0 spiro atoms. The average molecular weight is 374 g/mol. The maximum atomic E-state index is 10.6. The molecule has 1 aliphatic heterocycles. The van der Waals surface area contributed by atoms with Crippen LogP contribution in [-0.4, -0.2) is 54.6 Å². The van der Waals surface area contributed by atoms with E-state index in [1.807, 2.05) is 60.7 Å². The third-order valence-electron chi connectivity index (χ3n) is 4.69. The first-order valence-corrected chi connectivity index (χ1v) is 8.95. The van der Waals surface area contributed by atoms with Crippen LogP contribution in [0.25, 0.3) is 0 Å². The Morgan fingerprint density at radius 2 is 1.56 bits per heavy atom. The van der Waals surface area contributed by atoms with Crippen molar-refractivity contribution in [1.29, 1.82) is 0 Å². The Morgan fingerprint density at radius 1 is 0.963 bits per heavy atom. The van der Waals surface area contributed by atoms with E-state index in [2.05, 4.69) is 0 Å². The van der Waals surface area contributed by atoms with Gasteiger partial charge in [-0.2, -0.15) is 0 Å². The van der Waals surface area contributed by atoms with Crippen LogP contribution in [0, 0.1) is 0 Å². The van der Waals surface area contributed by atoms with Crippen molar-refractivity contribution >= 4 is 0 Å². The van der Waals surface area contributed by atoms with Crippen molar-refractivity contribution < 1.29 is 29.2 Å². The molecule has 2 aromatic rings. The Hall–Kier alpha value is -1.80. The van der Waals surface area contributed by atoms with E-state index in [9.17, 15) is 10.2 Å². The zero-order chi connectivity index (χ0) is 19.1. The highest BCUT2D eigenvalue weighted by molar-refractivity contribution is 5.14. The van der Waals surface area contributed by atoms with Gasteiger partial charge < -0.3 is 29.2 Å². The summed E-state index contributed by atoms with van der Waals surface area (Å²) in [7, 11) is 1.44. The molecule has 0 saturated carbocycles. The minimum absolute atomic E-state index is 0.0643. The normalized spacial score (nSPS) is 27.7. The van der Waals surface area contributed by atoms with Crippen molar-refractivity contribution in [2.45, 2.75) is 37.3 Å². The molecule has 146 valence electrons. The molecule has 6 heteroatoms. The largest absolute Gasteiger partial charge is 0.393 e. The maximum absolute atomic E-state index is 10.6. The van der Waals surface area contributed by atoms with Gasteiger partial charge in [-0.05, 0) is 11.1 Å². The summed E-state index contributed by atoms with van der Waals surface area (Å²) in [6, 6.07) is 19.3. The summed E-state index contributed by atoms with van der Waals surface area (Å²) in [6.07, 6.45) is -2.71. The average Bonchev–Trinajstić information content (AvgIpc) is 2.99. The van der Waals surface area contributed by atoms with Gasteiger partial charge in [0.05, 0.1) is 26.4 Å². The second-order valence-electron chi connectivity index (χ2n) is 6.63. The molecule has 4 unspecified atom stereocenters. The van der Waals surface area contributed by atoms with Crippen LogP contribution in [0.5, 0.6) is 0 Å². The molecule has 2 N–H and O–H groups in total. The number of ether oxygens (including phenoxy) is 4. The highest BCUT2D eigenvalue weighted by Crippen LogP contribution is 2.35. The summed E-state index contributed by atoms with van der Waals surface area (Å²) in [4.78, 5) is 0. The van der Waals surface area contributed by atoms with Crippen LogP contribution in [0.4, 0.5) is 0 Å². The van der Waals surface area contributed by atoms with Gasteiger partial charge in [0.15, 0.2) is 6.29 Å². The van der Waals surface area contributed by atoms with Gasteiger partial charge in [0.1, 0.15) is 17.8 Å². The Labute approximate surface area is 159 Å². The zero-order valence-electron chi connectivity index (χ0n) is 15.4. The minimum Gasteiger partial charge on any atom is -0.393 e. The van der Waals surface area contributed by atoms with Crippen molar-refractivity contribution in [3.63, 3.8) is 0 Å². The second-order valence-corrected chi connectivity index (χ2v) is 6.63. The molecule has 0 amide bonds. The second kappa shape index (κ2) is 9.41. The Kier molecular flexibility index (Phi) is 6.95. The SMILES string of the molecule is COC1OC(CO)(COCc2ccccc2)C(OCc2ccccc2)C1O. The molecule has 1 heterocycles. The highest BCUT2D eigenvalue weighted by Gasteiger charge is 2.56. The summed E-state index contributed by atoms with van der Waals surface area (Å²) in [6.45, 7) is 0.348. The van der Waals surface area contributed by atoms with Gasteiger partial charge in [0.25, 0.3) is 0 Å². The first-order valence-electron chi connectivity index (χ1n) is 8.95. The van der Waals surface area contributed by atoms with Gasteiger partial charge >= 0.3 is 0 Å². The van der Waals surface area contributed by atoms with Crippen LogP contribution in [0.3, 0.4) is 0 Å². The lowest BCUT2D eigenvalue weighted by Crippen LogP contribution is -2.51. The van der Waals surface area contributed by atoms with Crippen LogP contribution in [-0.2, 0) is 32.2 Å². The Bertz CT molecular complexity index is 680. The van der Waals surface area contributed by atoms with Gasteiger partial charge in [0, 0.05) is 7.11 Å². The smallest absolute Gasteiger partial charge is 0.186 e. The van der Waals surface area contributed by atoms with Crippen LogP contribution < -0.4 is 0 Å². The molecule has 1 aliphatic rings. The Morgan fingerprint density at radius 3 is 2.11 bits per heavy atom. The summed E-state index contributed by atoms with van der Waals surface area (Å²) in [5.41, 5.74) is 0.765. The van der Waals surface area contributed by atoms with Crippen molar-refractivity contribution in [2.24, 2.45) is 0 Å². The van der Waals surface area contributed by atoms with E-state index in [4.69, 9.17) is 18.9 Å². The van der Waals surface area contributed by atoms with Crippen molar-refractivity contribution in [3.8, 4) is 0 Å². The predicted octanol–water partition coefficient (Wildman–Crippen LogP) is 1.88. The number of hydrogen-bond donors (Lipinski definition) is 2. The van der Waals surface area contributed by atoms with E-state index in [0.29, 0.717) is 6.61 Å². The molecule has 27 heavy (non-hydrogen) atoms. The van der Waals surface area contributed by atoms with E-state index in [1.165, 1.54) is 7.11 Å². The molecule has 0 aromatic heterocycles. The third-order valence-corrected chi connectivity index (χ3v) is 4.69. The van der Waals surface area contributed by atoms with Crippen LogP contribution in [0.15, 0.2) is 60.7 Å². The van der Waals surface area contributed by atoms with Crippen molar-refractivity contribution in [2.75, 3.05) is 20.3 Å². The lowest BCUT2D eigenvalue weighted by molar-refractivity contribution is -0.209. The Balaban J connectivity index is 1.68. The fourth-order valence-electron chi connectivity index (χ4n) is 3.23. The third kappa shape index (κ3) is 4.73. The van der Waals surface area contributed by atoms with Crippen molar-refractivity contribution in [3.05, 3.63) is 71.8 Å². The van der Waals surface area contributed by atoms with Gasteiger partial charge in [-0.25, -0.2) is 0 Å². The molecule has 1 saturated heterocycles. The molecule has 0 aliphatic carbocycles. The lowest BCUT2D eigenvalue weighted by atomic mass is 9.96. The van der Waals surface area contributed by atoms with E-state index >= 15 is 0 Å². The van der Waals surface area contributed by atoms with Gasteiger partial charge in [-0.15, -0.1) is 0 Å². The van der Waals surface area contributed by atoms with E-state index < -0.39 is 24.1 Å². The fourth-order valence-corrected chi connectivity index (χ4v) is 3.23. The highest BCUT2D eigenvalue weighted by atomic mass is 16.7. The summed E-state index contributed by atoms with van der Waals surface area (Å²) >= 11 is 0. The molecular formula is C21H26O6.